The minimum absolute atomic E-state index is 0.0535. The number of benzene rings is 3. The predicted molar refractivity (Wildman–Crippen MR) is 110 cm³/mol. The third kappa shape index (κ3) is 5.02. The van der Waals surface area contributed by atoms with Gasteiger partial charge in [-0.25, -0.2) is 0 Å². The first-order valence-electron chi connectivity index (χ1n) is 9.26. The quantitative estimate of drug-likeness (QED) is 0.673. The van der Waals surface area contributed by atoms with E-state index in [1.807, 2.05) is 42.5 Å². The van der Waals surface area contributed by atoms with Crippen molar-refractivity contribution in [2.75, 3.05) is 11.9 Å². The van der Waals surface area contributed by atoms with Gasteiger partial charge in [-0.1, -0.05) is 68.4 Å². The van der Waals surface area contributed by atoms with Crippen molar-refractivity contribution in [1.29, 1.82) is 0 Å². The largest absolute Gasteiger partial charge is 0.545 e. The van der Waals surface area contributed by atoms with Crippen molar-refractivity contribution < 1.29 is 19.4 Å². The summed E-state index contributed by atoms with van der Waals surface area (Å²) >= 11 is 0. The van der Waals surface area contributed by atoms with Crippen LogP contribution in [-0.2, 0) is 10.2 Å². The standard InChI is InChI=1S/C24H23NO4/c1-24(2,18-6-4-3-5-7-18)19-10-14-21(15-11-19)29-16-22(26)25-20-12-8-17(9-13-20)23(27)28/h3-15H,16H2,1-2H3,(H,25,26)(H,27,28)/p-1. The number of amides is 1. The fourth-order valence-corrected chi connectivity index (χ4v) is 3.02. The zero-order valence-corrected chi connectivity index (χ0v) is 16.3. The molecular formula is C24H22NO4-. The van der Waals surface area contributed by atoms with Gasteiger partial charge in [0.1, 0.15) is 5.75 Å². The maximum Gasteiger partial charge on any atom is 0.262 e. The number of hydrogen-bond acceptors (Lipinski definition) is 4. The topological polar surface area (TPSA) is 78.5 Å². The molecule has 0 saturated heterocycles. The second kappa shape index (κ2) is 8.61. The molecule has 0 aliphatic heterocycles. The van der Waals surface area contributed by atoms with E-state index in [-0.39, 0.29) is 23.5 Å². The fourth-order valence-electron chi connectivity index (χ4n) is 3.02. The molecular weight excluding hydrogens is 366 g/mol. The number of nitrogens with one attached hydrogen (secondary N) is 1. The molecule has 0 unspecified atom stereocenters. The molecule has 0 fully saturated rings. The van der Waals surface area contributed by atoms with E-state index < -0.39 is 5.97 Å². The highest BCUT2D eigenvalue weighted by molar-refractivity contribution is 5.93. The number of carbonyl (C=O) groups is 2. The number of rotatable bonds is 7. The maximum absolute atomic E-state index is 12.1. The number of anilines is 1. The molecule has 5 heteroatoms. The van der Waals surface area contributed by atoms with Crippen LogP contribution in [0, 0.1) is 0 Å². The number of ether oxygens (including phenoxy) is 1. The molecule has 29 heavy (non-hydrogen) atoms. The summed E-state index contributed by atoms with van der Waals surface area (Å²) in [7, 11) is 0. The Bertz CT molecular complexity index is 978. The average Bonchev–Trinajstić information content (AvgIpc) is 2.73. The molecule has 3 aromatic rings. The van der Waals surface area contributed by atoms with Crippen LogP contribution in [0.25, 0.3) is 0 Å². The van der Waals surface area contributed by atoms with Crippen LogP contribution in [0.1, 0.15) is 35.3 Å². The van der Waals surface area contributed by atoms with Crippen molar-refractivity contribution in [3.05, 3.63) is 95.6 Å². The monoisotopic (exact) mass is 388 g/mol. The summed E-state index contributed by atoms with van der Waals surface area (Å²) in [6, 6.07) is 23.7. The minimum Gasteiger partial charge on any atom is -0.545 e. The van der Waals surface area contributed by atoms with Crippen LogP contribution in [0.3, 0.4) is 0 Å². The third-order valence-corrected chi connectivity index (χ3v) is 4.85. The lowest BCUT2D eigenvalue weighted by Gasteiger charge is -2.26. The van der Waals surface area contributed by atoms with Gasteiger partial charge in [-0.3, -0.25) is 4.79 Å². The van der Waals surface area contributed by atoms with Crippen LogP contribution in [0.4, 0.5) is 5.69 Å². The minimum atomic E-state index is -1.26. The van der Waals surface area contributed by atoms with E-state index in [9.17, 15) is 14.7 Å². The van der Waals surface area contributed by atoms with E-state index in [1.165, 1.54) is 29.8 Å². The maximum atomic E-state index is 12.1. The van der Waals surface area contributed by atoms with Crippen LogP contribution < -0.4 is 15.2 Å². The van der Waals surface area contributed by atoms with E-state index in [2.05, 4.69) is 31.3 Å². The summed E-state index contributed by atoms with van der Waals surface area (Å²) in [4.78, 5) is 22.8. The number of carbonyl (C=O) groups excluding carboxylic acids is 2. The molecule has 0 bridgehead atoms. The molecule has 0 spiro atoms. The molecule has 0 aliphatic rings. The number of aromatic carboxylic acids is 1. The fraction of sp³-hybridized carbons (Fsp3) is 0.167. The van der Waals surface area contributed by atoms with Crippen molar-refractivity contribution >= 4 is 17.6 Å². The molecule has 0 aliphatic carbocycles. The van der Waals surface area contributed by atoms with Crippen LogP contribution in [0.2, 0.25) is 0 Å². The molecule has 5 nitrogen and oxygen atoms in total. The van der Waals surface area contributed by atoms with Crippen LogP contribution in [0.5, 0.6) is 5.75 Å². The average molecular weight is 388 g/mol. The van der Waals surface area contributed by atoms with E-state index in [0.29, 0.717) is 11.4 Å². The molecule has 1 N–H and O–H groups in total. The van der Waals surface area contributed by atoms with Gasteiger partial charge in [-0.2, -0.15) is 0 Å². The first-order chi connectivity index (χ1) is 13.9. The molecule has 0 aromatic heterocycles. The van der Waals surface area contributed by atoms with Crippen molar-refractivity contribution in [3.8, 4) is 5.75 Å². The first-order valence-corrected chi connectivity index (χ1v) is 9.26. The van der Waals surface area contributed by atoms with Crippen molar-refractivity contribution in [2.45, 2.75) is 19.3 Å². The number of hydrogen-bond donors (Lipinski definition) is 1. The number of carboxylic acid groups (broad SMARTS) is 1. The van der Waals surface area contributed by atoms with Gasteiger partial charge in [0, 0.05) is 11.1 Å². The van der Waals surface area contributed by atoms with Crippen LogP contribution >= 0.6 is 0 Å². The van der Waals surface area contributed by atoms with Gasteiger partial charge < -0.3 is 20.0 Å². The second-order valence-corrected chi connectivity index (χ2v) is 7.22. The Kier molecular flexibility index (Phi) is 5.98. The van der Waals surface area contributed by atoms with Crippen molar-refractivity contribution in [1.82, 2.24) is 0 Å². The van der Waals surface area contributed by atoms with Gasteiger partial charge in [-0.15, -0.1) is 0 Å². The van der Waals surface area contributed by atoms with Gasteiger partial charge in [0.05, 0.1) is 5.97 Å². The van der Waals surface area contributed by atoms with Crippen LogP contribution in [-0.4, -0.2) is 18.5 Å². The molecule has 0 saturated carbocycles. The number of carboxylic acids is 1. The summed E-state index contributed by atoms with van der Waals surface area (Å²) in [6.45, 7) is 4.18. The van der Waals surface area contributed by atoms with Crippen LogP contribution in [0.15, 0.2) is 78.9 Å². The van der Waals surface area contributed by atoms with E-state index in [4.69, 9.17) is 4.74 Å². The lowest BCUT2D eigenvalue weighted by atomic mass is 9.78. The SMILES string of the molecule is CC(C)(c1ccccc1)c1ccc(OCC(=O)Nc2ccc(C(=O)[O-])cc2)cc1. The van der Waals surface area contributed by atoms with E-state index in [1.54, 1.807) is 0 Å². The Balaban J connectivity index is 1.57. The van der Waals surface area contributed by atoms with Crippen molar-refractivity contribution in [2.24, 2.45) is 0 Å². The van der Waals surface area contributed by atoms with Gasteiger partial charge in [-0.05, 0) is 41.0 Å². The Hall–Kier alpha value is -3.60. The van der Waals surface area contributed by atoms with E-state index >= 15 is 0 Å². The Morgan fingerprint density at radius 2 is 1.45 bits per heavy atom. The Morgan fingerprint density at radius 3 is 2.03 bits per heavy atom. The molecule has 3 rings (SSSR count). The highest BCUT2D eigenvalue weighted by Crippen LogP contribution is 2.32. The second-order valence-electron chi connectivity index (χ2n) is 7.22. The summed E-state index contributed by atoms with van der Waals surface area (Å²) in [6.07, 6.45) is 0. The molecule has 0 heterocycles. The molecule has 0 atom stereocenters. The molecule has 3 aromatic carbocycles. The van der Waals surface area contributed by atoms with Gasteiger partial charge in [0.25, 0.3) is 5.91 Å². The summed E-state index contributed by atoms with van der Waals surface area (Å²) < 4.78 is 5.56. The molecule has 0 radical (unpaired) electrons. The molecule has 1 amide bonds. The van der Waals surface area contributed by atoms with Gasteiger partial charge >= 0.3 is 0 Å². The molecule has 148 valence electrons. The third-order valence-electron chi connectivity index (χ3n) is 4.85. The van der Waals surface area contributed by atoms with Gasteiger partial charge in [0.2, 0.25) is 0 Å². The lowest BCUT2D eigenvalue weighted by Crippen LogP contribution is -2.22. The zero-order valence-electron chi connectivity index (χ0n) is 16.3. The Labute approximate surface area is 170 Å². The summed E-state index contributed by atoms with van der Waals surface area (Å²) in [5.74, 6) is -0.995. The first kappa shape index (κ1) is 20.1. The summed E-state index contributed by atoms with van der Waals surface area (Å²) in [5, 5.41) is 13.4. The predicted octanol–water partition coefficient (Wildman–Crippen LogP) is 3.39. The highest BCUT2D eigenvalue weighted by atomic mass is 16.5. The smallest absolute Gasteiger partial charge is 0.262 e. The highest BCUT2D eigenvalue weighted by Gasteiger charge is 2.22. The zero-order chi connectivity index (χ0) is 20.9. The van der Waals surface area contributed by atoms with Gasteiger partial charge in [0.15, 0.2) is 6.61 Å². The lowest BCUT2D eigenvalue weighted by molar-refractivity contribution is -0.255. The normalized spacial score (nSPS) is 11.0. The Morgan fingerprint density at radius 1 is 0.862 bits per heavy atom. The van der Waals surface area contributed by atoms with E-state index in [0.717, 1.165) is 5.56 Å². The van der Waals surface area contributed by atoms with Crippen molar-refractivity contribution in [3.63, 3.8) is 0 Å². The summed E-state index contributed by atoms with van der Waals surface area (Å²) in [5.41, 5.74) is 2.77.